The third kappa shape index (κ3) is 6.90. The van der Waals surface area contributed by atoms with Crippen LogP contribution in [0.15, 0.2) is 106 Å². The molecule has 1 aliphatic heterocycles. The number of rotatable bonds is 8. The molecule has 1 aromatic heterocycles. The monoisotopic (exact) mass is 683 g/mol. The van der Waals surface area contributed by atoms with Crippen molar-refractivity contribution in [2.75, 3.05) is 12.4 Å². The van der Waals surface area contributed by atoms with Crippen molar-refractivity contribution in [1.82, 2.24) is 4.57 Å². The van der Waals surface area contributed by atoms with Gasteiger partial charge in [0.2, 0.25) is 0 Å². The van der Waals surface area contributed by atoms with Crippen molar-refractivity contribution in [2.45, 2.75) is 33.4 Å². The summed E-state index contributed by atoms with van der Waals surface area (Å²) in [6.07, 6.45) is 1.82. The van der Waals surface area contributed by atoms with E-state index in [-0.39, 0.29) is 18.1 Å². The lowest BCUT2D eigenvalue weighted by atomic mass is 9.95. The molecule has 5 aromatic rings. The number of carbonyl (C=O) groups excluding carboxylic acids is 1. The molecule has 0 aliphatic carbocycles. The molecule has 4 aromatic carbocycles. The van der Waals surface area contributed by atoms with Crippen molar-refractivity contribution in [3.05, 3.63) is 154 Å². The van der Waals surface area contributed by atoms with Crippen molar-refractivity contribution < 1.29 is 14.3 Å². The van der Waals surface area contributed by atoms with Crippen molar-refractivity contribution in [3.63, 3.8) is 0 Å². The molecular formula is C37H31Cl2N3O4S. The standard InChI is InChI=1S/C37H31Cl2N3O4S/c1-21-5-16-31(22(2)17-21)41-35(43)33-23(3)40-37-42(34(33)25-9-14-28(45-4)15-10-25)36(44)32(47-37)18-24-6-12-29(13-7-24)46-20-26-8-11-27(38)19-30(26)39/h5-19,34H,20H2,1-4H3,(H,41,43)/b32-18+/t34-/m1/s1. The highest BCUT2D eigenvalue weighted by atomic mass is 35.5. The Hall–Kier alpha value is -4.63. The largest absolute Gasteiger partial charge is 0.497 e. The molecule has 6 rings (SSSR count). The number of fused-ring (bicyclic) bond motifs is 1. The van der Waals surface area contributed by atoms with Crippen LogP contribution in [0.4, 0.5) is 5.69 Å². The van der Waals surface area contributed by atoms with Gasteiger partial charge in [0, 0.05) is 21.3 Å². The van der Waals surface area contributed by atoms with Gasteiger partial charge in [-0.15, -0.1) is 0 Å². The van der Waals surface area contributed by atoms with Gasteiger partial charge in [-0.3, -0.25) is 14.2 Å². The number of allylic oxidation sites excluding steroid dienone is 1. The number of carbonyl (C=O) groups is 1. The number of aromatic nitrogens is 1. The van der Waals surface area contributed by atoms with Gasteiger partial charge in [-0.2, -0.15) is 0 Å². The summed E-state index contributed by atoms with van der Waals surface area (Å²) < 4.78 is 13.4. The van der Waals surface area contributed by atoms with E-state index in [0.717, 1.165) is 27.8 Å². The minimum absolute atomic E-state index is 0.239. The second-order valence-electron chi connectivity index (χ2n) is 11.2. The highest BCUT2D eigenvalue weighted by molar-refractivity contribution is 7.07. The van der Waals surface area contributed by atoms with Gasteiger partial charge in [-0.05, 0) is 86.0 Å². The Kier molecular flexibility index (Phi) is 9.36. The number of ether oxygens (including phenoxy) is 2. The zero-order valence-electron chi connectivity index (χ0n) is 26.1. The molecule has 1 N–H and O–H groups in total. The number of halogens is 2. The molecule has 0 spiro atoms. The smallest absolute Gasteiger partial charge is 0.271 e. The molecule has 7 nitrogen and oxygen atoms in total. The highest BCUT2D eigenvalue weighted by Gasteiger charge is 2.32. The van der Waals surface area contributed by atoms with Gasteiger partial charge in [0.15, 0.2) is 4.80 Å². The number of benzene rings is 4. The van der Waals surface area contributed by atoms with Crippen LogP contribution in [0.2, 0.25) is 10.0 Å². The summed E-state index contributed by atoms with van der Waals surface area (Å²) in [6, 6.07) is 25.3. The average molecular weight is 685 g/mol. The summed E-state index contributed by atoms with van der Waals surface area (Å²) >= 11 is 13.6. The molecular weight excluding hydrogens is 653 g/mol. The Morgan fingerprint density at radius 1 is 0.957 bits per heavy atom. The molecule has 2 heterocycles. The van der Waals surface area contributed by atoms with E-state index in [0.29, 0.717) is 47.8 Å². The SMILES string of the molecule is COc1ccc([C@@H]2C(C(=O)Nc3ccc(C)cc3C)=C(C)N=c3s/c(=C/c4ccc(OCc5ccc(Cl)cc5Cl)cc4)c(=O)n32)cc1. The fourth-order valence-corrected chi connectivity index (χ4v) is 6.98. The van der Waals surface area contributed by atoms with Crippen LogP contribution < -0.4 is 29.7 Å². The topological polar surface area (TPSA) is 81.9 Å². The molecule has 1 aliphatic rings. The van der Waals surface area contributed by atoms with E-state index in [1.807, 2.05) is 92.7 Å². The molecule has 0 bridgehead atoms. The van der Waals surface area contributed by atoms with Gasteiger partial charge in [0.05, 0.1) is 29.0 Å². The van der Waals surface area contributed by atoms with E-state index in [1.54, 1.807) is 30.7 Å². The lowest BCUT2D eigenvalue weighted by molar-refractivity contribution is -0.113. The number of thiazole rings is 1. The molecule has 238 valence electrons. The molecule has 0 saturated carbocycles. The maximum atomic E-state index is 14.1. The molecule has 47 heavy (non-hydrogen) atoms. The third-order valence-electron chi connectivity index (χ3n) is 7.92. The predicted molar refractivity (Wildman–Crippen MR) is 189 cm³/mol. The third-order valence-corrected chi connectivity index (χ3v) is 9.49. The van der Waals surface area contributed by atoms with Gasteiger partial charge in [-0.25, -0.2) is 4.99 Å². The van der Waals surface area contributed by atoms with Crippen LogP contribution >= 0.6 is 34.5 Å². The van der Waals surface area contributed by atoms with Crippen LogP contribution in [0, 0.1) is 13.8 Å². The molecule has 10 heteroatoms. The Balaban J connectivity index is 1.34. The molecule has 0 saturated heterocycles. The van der Waals surface area contributed by atoms with Crippen LogP contribution in [0.3, 0.4) is 0 Å². The van der Waals surface area contributed by atoms with E-state index in [1.165, 1.54) is 11.3 Å². The van der Waals surface area contributed by atoms with Crippen LogP contribution in [0.5, 0.6) is 11.5 Å². The number of hydrogen-bond donors (Lipinski definition) is 1. The number of amides is 1. The summed E-state index contributed by atoms with van der Waals surface area (Å²) in [4.78, 5) is 33.3. The van der Waals surface area contributed by atoms with Gasteiger partial charge in [-0.1, -0.05) is 82.6 Å². The van der Waals surface area contributed by atoms with E-state index < -0.39 is 6.04 Å². The average Bonchev–Trinajstić information content (AvgIpc) is 3.35. The second-order valence-corrected chi connectivity index (χ2v) is 13.1. The molecule has 0 unspecified atom stereocenters. The summed E-state index contributed by atoms with van der Waals surface area (Å²) in [5.74, 6) is 1.01. The Morgan fingerprint density at radius 2 is 1.68 bits per heavy atom. The quantitative estimate of drug-likeness (QED) is 0.185. The highest BCUT2D eigenvalue weighted by Crippen LogP contribution is 2.32. The number of methoxy groups -OCH3 is 1. The molecule has 0 fully saturated rings. The van der Waals surface area contributed by atoms with Gasteiger partial charge in [0.1, 0.15) is 18.1 Å². The summed E-state index contributed by atoms with van der Waals surface area (Å²) in [7, 11) is 1.60. The summed E-state index contributed by atoms with van der Waals surface area (Å²) in [5, 5.41) is 4.17. The van der Waals surface area contributed by atoms with Gasteiger partial charge in [0.25, 0.3) is 11.5 Å². The number of hydrogen-bond acceptors (Lipinski definition) is 6. The van der Waals surface area contributed by atoms with Crippen molar-refractivity contribution in [1.29, 1.82) is 0 Å². The first kappa shape index (κ1) is 32.3. The molecule has 1 atom stereocenters. The van der Waals surface area contributed by atoms with Crippen molar-refractivity contribution in [2.24, 2.45) is 4.99 Å². The minimum atomic E-state index is -0.694. The maximum absolute atomic E-state index is 14.1. The van der Waals surface area contributed by atoms with E-state index in [2.05, 4.69) is 5.32 Å². The first-order valence-corrected chi connectivity index (χ1v) is 16.4. The van der Waals surface area contributed by atoms with Gasteiger partial charge < -0.3 is 14.8 Å². The number of aryl methyl sites for hydroxylation is 2. The first-order valence-electron chi connectivity index (χ1n) is 14.8. The minimum Gasteiger partial charge on any atom is -0.497 e. The van der Waals surface area contributed by atoms with Crippen LogP contribution in [-0.4, -0.2) is 17.6 Å². The fourth-order valence-electron chi connectivity index (χ4n) is 5.47. The van der Waals surface area contributed by atoms with E-state index >= 15 is 0 Å². The second kappa shape index (κ2) is 13.6. The predicted octanol–water partition coefficient (Wildman–Crippen LogP) is 7.39. The maximum Gasteiger partial charge on any atom is 0.271 e. The lowest BCUT2D eigenvalue weighted by Crippen LogP contribution is -2.40. The molecule has 0 radical (unpaired) electrons. The lowest BCUT2D eigenvalue weighted by Gasteiger charge is -2.25. The normalized spacial score (nSPS) is 14.4. The van der Waals surface area contributed by atoms with Crippen LogP contribution in [0.25, 0.3) is 6.08 Å². The van der Waals surface area contributed by atoms with Crippen LogP contribution in [-0.2, 0) is 11.4 Å². The van der Waals surface area contributed by atoms with Gasteiger partial charge >= 0.3 is 0 Å². The number of nitrogens with zero attached hydrogens (tertiary/aromatic N) is 2. The first-order chi connectivity index (χ1) is 22.6. The Labute approximate surface area is 286 Å². The summed E-state index contributed by atoms with van der Waals surface area (Å²) in [5.41, 5.74) is 5.86. The number of anilines is 1. The Morgan fingerprint density at radius 3 is 2.36 bits per heavy atom. The number of nitrogens with one attached hydrogen (secondary N) is 1. The van der Waals surface area contributed by atoms with Crippen molar-refractivity contribution in [3.8, 4) is 11.5 Å². The van der Waals surface area contributed by atoms with Crippen molar-refractivity contribution >= 4 is 52.2 Å². The van der Waals surface area contributed by atoms with Crippen LogP contribution in [0.1, 0.15) is 40.8 Å². The molecule has 1 amide bonds. The Bertz CT molecular complexity index is 2200. The fraction of sp³-hybridized carbons (Fsp3) is 0.162. The zero-order chi connectivity index (χ0) is 33.2. The van der Waals surface area contributed by atoms with E-state index in [9.17, 15) is 9.59 Å². The summed E-state index contributed by atoms with van der Waals surface area (Å²) in [6.45, 7) is 6.05. The van der Waals surface area contributed by atoms with E-state index in [4.69, 9.17) is 37.7 Å². The zero-order valence-corrected chi connectivity index (χ0v) is 28.5.